The van der Waals surface area contributed by atoms with Crippen molar-refractivity contribution in [1.29, 1.82) is 0 Å². The molecule has 0 saturated heterocycles. The van der Waals surface area contributed by atoms with Crippen LogP contribution in [0.1, 0.15) is 5.69 Å². The van der Waals surface area contributed by atoms with Crippen LogP contribution in [-0.4, -0.2) is 20.9 Å². The molecule has 0 aliphatic carbocycles. The van der Waals surface area contributed by atoms with E-state index in [1.165, 1.54) is 0 Å². The van der Waals surface area contributed by atoms with Crippen LogP contribution in [0.15, 0.2) is 18.6 Å². The van der Waals surface area contributed by atoms with Gasteiger partial charge in [0.05, 0.1) is 5.69 Å². The molecule has 13 heavy (non-hydrogen) atoms. The molecule has 0 aliphatic heterocycles. The lowest BCUT2D eigenvalue weighted by molar-refractivity contribution is 0.936. The van der Waals surface area contributed by atoms with Gasteiger partial charge in [0.15, 0.2) is 0 Å². The Balaban J connectivity index is 2.60. The molecule has 0 saturated carbocycles. The molecular weight excluding hydrogens is 188 g/mol. The third-order valence-corrected chi connectivity index (χ3v) is 2.22. The van der Waals surface area contributed by atoms with E-state index < -0.39 is 0 Å². The molecular formula is C8H9ClN4. The summed E-state index contributed by atoms with van der Waals surface area (Å²) in [5, 5.41) is 0.605. The molecule has 0 aliphatic rings. The molecule has 2 aromatic rings. The number of halogens is 1. The molecule has 0 amide bonds. The number of imidazole rings is 1. The van der Waals surface area contributed by atoms with Gasteiger partial charge in [0.25, 0.3) is 0 Å². The minimum Gasteiger partial charge on any atom is -0.330 e. The minimum atomic E-state index is 0.553. The predicted molar refractivity (Wildman–Crippen MR) is 50.8 cm³/mol. The average molecular weight is 197 g/mol. The average Bonchev–Trinajstić information content (AvgIpc) is 2.46. The molecule has 0 aromatic carbocycles. The predicted octanol–water partition coefficient (Wildman–Crippen LogP) is 0.884. The summed E-state index contributed by atoms with van der Waals surface area (Å²) in [6.45, 7) is 0.553. The Morgan fingerprint density at radius 2 is 2.38 bits per heavy atom. The van der Waals surface area contributed by atoms with Crippen LogP contribution in [0.5, 0.6) is 0 Å². The molecule has 2 heterocycles. The van der Waals surface area contributed by atoms with Crippen molar-refractivity contribution >= 4 is 17.2 Å². The third-order valence-electron chi connectivity index (χ3n) is 1.82. The Bertz CT molecular complexity index is 423. The Hall–Kier alpha value is -1.13. The summed E-state index contributed by atoms with van der Waals surface area (Å²) >= 11 is 6.04. The van der Waals surface area contributed by atoms with Crippen molar-refractivity contribution in [3.8, 4) is 0 Å². The van der Waals surface area contributed by atoms with Crippen molar-refractivity contribution in [2.45, 2.75) is 6.42 Å². The molecule has 0 fully saturated rings. The summed E-state index contributed by atoms with van der Waals surface area (Å²) in [6, 6.07) is 1.81. The topological polar surface area (TPSA) is 56.2 Å². The van der Waals surface area contributed by atoms with Gasteiger partial charge in [-0.1, -0.05) is 11.6 Å². The summed E-state index contributed by atoms with van der Waals surface area (Å²) in [5.74, 6) is 0. The summed E-state index contributed by atoms with van der Waals surface area (Å²) in [7, 11) is 0. The number of aromatic nitrogens is 3. The highest BCUT2D eigenvalue weighted by Crippen LogP contribution is 2.17. The van der Waals surface area contributed by atoms with Crippen molar-refractivity contribution in [2.75, 3.05) is 6.54 Å². The maximum atomic E-state index is 6.04. The van der Waals surface area contributed by atoms with Crippen LogP contribution in [0.4, 0.5) is 0 Å². The number of nitrogens with two attached hydrogens (primary N) is 1. The zero-order chi connectivity index (χ0) is 9.26. The van der Waals surface area contributed by atoms with Crippen LogP contribution < -0.4 is 5.73 Å². The SMILES string of the molecule is NCCc1nc2ccncn2c1Cl. The highest BCUT2D eigenvalue weighted by atomic mass is 35.5. The highest BCUT2D eigenvalue weighted by Gasteiger charge is 2.07. The lowest BCUT2D eigenvalue weighted by atomic mass is 10.3. The molecule has 0 radical (unpaired) electrons. The molecule has 0 bridgehead atoms. The van der Waals surface area contributed by atoms with Gasteiger partial charge in [-0.2, -0.15) is 0 Å². The summed E-state index contributed by atoms with van der Waals surface area (Å²) in [6.07, 6.45) is 4.02. The Labute approximate surface area is 80.4 Å². The first-order chi connectivity index (χ1) is 6.33. The van der Waals surface area contributed by atoms with Crippen molar-refractivity contribution in [3.05, 3.63) is 29.4 Å². The van der Waals surface area contributed by atoms with E-state index in [2.05, 4.69) is 9.97 Å². The van der Waals surface area contributed by atoms with Crippen molar-refractivity contribution in [1.82, 2.24) is 14.4 Å². The molecule has 2 rings (SSSR count). The summed E-state index contributed by atoms with van der Waals surface area (Å²) in [5.41, 5.74) is 7.07. The van der Waals surface area contributed by atoms with Crippen molar-refractivity contribution < 1.29 is 0 Å². The fourth-order valence-electron chi connectivity index (χ4n) is 1.22. The summed E-state index contributed by atoms with van der Waals surface area (Å²) < 4.78 is 1.74. The number of fused-ring (bicyclic) bond motifs is 1. The van der Waals surface area contributed by atoms with Gasteiger partial charge in [0, 0.05) is 12.6 Å². The molecule has 2 aromatic heterocycles. The number of hydrogen-bond donors (Lipinski definition) is 1. The highest BCUT2D eigenvalue weighted by molar-refractivity contribution is 6.30. The maximum Gasteiger partial charge on any atom is 0.140 e. The minimum absolute atomic E-state index is 0.553. The number of rotatable bonds is 2. The van der Waals surface area contributed by atoms with E-state index in [4.69, 9.17) is 17.3 Å². The lowest BCUT2D eigenvalue weighted by Crippen LogP contribution is -2.03. The van der Waals surface area contributed by atoms with Gasteiger partial charge < -0.3 is 5.73 Å². The van der Waals surface area contributed by atoms with E-state index in [9.17, 15) is 0 Å². The third kappa shape index (κ3) is 1.38. The van der Waals surface area contributed by atoms with Crippen LogP contribution in [0.25, 0.3) is 5.65 Å². The van der Waals surface area contributed by atoms with Crippen molar-refractivity contribution in [3.63, 3.8) is 0 Å². The van der Waals surface area contributed by atoms with E-state index in [-0.39, 0.29) is 0 Å². The number of hydrogen-bond acceptors (Lipinski definition) is 3. The van der Waals surface area contributed by atoms with Gasteiger partial charge in [-0.3, -0.25) is 4.40 Å². The molecule has 4 nitrogen and oxygen atoms in total. The monoisotopic (exact) mass is 196 g/mol. The van der Waals surface area contributed by atoms with Crippen molar-refractivity contribution in [2.24, 2.45) is 5.73 Å². The molecule has 0 unspecified atom stereocenters. The standard InChI is InChI=1S/C8H9ClN4/c9-8-6(1-3-10)12-7-2-4-11-5-13(7)8/h2,4-5H,1,3,10H2. The van der Waals surface area contributed by atoms with Gasteiger partial charge in [-0.25, -0.2) is 9.97 Å². The van der Waals surface area contributed by atoms with Gasteiger partial charge in [-0.05, 0) is 12.6 Å². The largest absolute Gasteiger partial charge is 0.330 e. The van der Waals surface area contributed by atoms with E-state index in [0.29, 0.717) is 18.1 Å². The Morgan fingerprint density at radius 3 is 3.08 bits per heavy atom. The first-order valence-corrected chi connectivity index (χ1v) is 4.37. The second kappa shape index (κ2) is 3.32. The molecule has 0 spiro atoms. The molecule has 2 N–H and O–H groups in total. The van der Waals surface area contributed by atoms with Crippen LogP contribution in [0.3, 0.4) is 0 Å². The van der Waals surface area contributed by atoms with E-state index in [1.54, 1.807) is 16.9 Å². The van der Waals surface area contributed by atoms with Crippen LogP contribution in [0, 0.1) is 0 Å². The van der Waals surface area contributed by atoms with Gasteiger partial charge in [-0.15, -0.1) is 0 Å². The number of nitrogens with zero attached hydrogens (tertiary/aromatic N) is 3. The van der Waals surface area contributed by atoms with E-state index in [0.717, 1.165) is 11.3 Å². The van der Waals surface area contributed by atoms with Gasteiger partial charge in [0.1, 0.15) is 17.1 Å². The van der Waals surface area contributed by atoms with Crippen LogP contribution >= 0.6 is 11.6 Å². The maximum absolute atomic E-state index is 6.04. The Morgan fingerprint density at radius 1 is 1.54 bits per heavy atom. The van der Waals surface area contributed by atoms with E-state index >= 15 is 0 Å². The normalized spacial score (nSPS) is 10.9. The molecule has 0 atom stereocenters. The second-order valence-electron chi connectivity index (χ2n) is 2.70. The molecule has 5 heteroatoms. The zero-order valence-corrected chi connectivity index (χ0v) is 7.70. The fourth-order valence-corrected chi connectivity index (χ4v) is 1.48. The van der Waals surface area contributed by atoms with Crippen LogP contribution in [0.2, 0.25) is 5.15 Å². The lowest BCUT2D eigenvalue weighted by Gasteiger charge is -1.92. The first-order valence-electron chi connectivity index (χ1n) is 3.99. The summed E-state index contributed by atoms with van der Waals surface area (Å²) in [4.78, 5) is 8.27. The molecule has 68 valence electrons. The smallest absolute Gasteiger partial charge is 0.140 e. The van der Waals surface area contributed by atoms with Gasteiger partial charge in [0.2, 0.25) is 0 Å². The Kier molecular flexibility index (Phi) is 2.16. The van der Waals surface area contributed by atoms with Crippen LogP contribution in [-0.2, 0) is 6.42 Å². The quantitative estimate of drug-likeness (QED) is 0.776. The van der Waals surface area contributed by atoms with Gasteiger partial charge >= 0.3 is 0 Å². The fraction of sp³-hybridized carbons (Fsp3) is 0.250. The zero-order valence-electron chi connectivity index (χ0n) is 6.94. The second-order valence-corrected chi connectivity index (χ2v) is 3.05. The van der Waals surface area contributed by atoms with E-state index in [1.807, 2.05) is 6.07 Å². The first kappa shape index (κ1) is 8.47.